The number of benzene rings is 2. The summed E-state index contributed by atoms with van der Waals surface area (Å²) in [7, 11) is 0. The van der Waals surface area contributed by atoms with Crippen molar-refractivity contribution in [1.29, 1.82) is 0 Å². The van der Waals surface area contributed by atoms with Crippen LogP contribution in [-0.2, 0) is 13.0 Å². The van der Waals surface area contributed by atoms with Crippen LogP contribution in [0.15, 0.2) is 70.3 Å². The molecule has 0 saturated carbocycles. The van der Waals surface area contributed by atoms with Gasteiger partial charge >= 0.3 is 5.69 Å². The van der Waals surface area contributed by atoms with E-state index < -0.39 is 11.2 Å². The van der Waals surface area contributed by atoms with E-state index in [1.807, 2.05) is 17.9 Å². The quantitative estimate of drug-likeness (QED) is 0.311. The zero-order valence-electron chi connectivity index (χ0n) is 23.7. The maximum Gasteiger partial charge on any atom is 0.337 e. The highest BCUT2D eigenvalue weighted by molar-refractivity contribution is 6.05. The van der Waals surface area contributed by atoms with E-state index >= 15 is 0 Å². The Bertz CT molecular complexity index is 1690. The molecule has 0 bridgehead atoms. The average molecular weight is 552 g/mol. The summed E-state index contributed by atoms with van der Waals surface area (Å²) < 4.78 is 2.81. The molecule has 8 heteroatoms. The molecule has 1 fully saturated rings. The van der Waals surface area contributed by atoms with Gasteiger partial charge < -0.3 is 9.80 Å². The largest absolute Gasteiger partial charge is 0.371 e. The number of aryl methyl sites for hydroxylation is 3. The summed E-state index contributed by atoms with van der Waals surface area (Å²) in [6.45, 7) is 5.50. The average Bonchev–Trinajstić information content (AvgIpc) is 3.01. The molecule has 6 rings (SSSR count). The molecule has 0 spiro atoms. The number of aromatic nitrogens is 3. The Morgan fingerprint density at radius 1 is 0.854 bits per heavy atom. The number of likely N-dealkylation sites (tertiary alicyclic amines) is 1. The minimum absolute atomic E-state index is 0.161. The van der Waals surface area contributed by atoms with Crippen molar-refractivity contribution in [3.05, 3.63) is 98.3 Å². The Labute approximate surface area is 239 Å². The van der Waals surface area contributed by atoms with Crippen LogP contribution < -0.4 is 16.1 Å². The van der Waals surface area contributed by atoms with E-state index in [4.69, 9.17) is 0 Å². The molecule has 0 unspecified atom stereocenters. The maximum atomic E-state index is 14.0. The van der Waals surface area contributed by atoms with Crippen LogP contribution in [0.1, 0.15) is 60.1 Å². The zero-order chi connectivity index (χ0) is 28.3. The number of anilines is 1. The number of unbranched alkanes of at least 4 members (excludes halogenated alkanes) is 1. The van der Waals surface area contributed by atoms with E-state index in [1.54, 1.807) is 34.9 Å². The predicted octanol–water partition coefficient (Wildman–Crippen LogP) is 4.71. The van der Waals surface area contributed by atoms with Gasteiger partial charge in [0, 0.05) is 44.1 Å². The minimum atomic E-state index is -0.495. The summed E-state index contributed by atoms with van der Waals surface area (Å²) in [5.74, 6) is -0.161. The topological polar surface area (TPSA) is 80.4 Å². The number of nitrogens with zero attached hydrogens (tertiary/aromatic N) is 5. The van der Waals surface area contributed by atoms with E-state index in [0.29, 0.717) is 42.2 Å². The van der Waals surface area contributed by atoms with Gasteiger partial charge in [0.15, 0.2) is 5.65 Å². The van der Waals surface area contributed by atoms with Gasteiger partial charge in [-0.1, -0.05) is 36.4 Å². The standard InChI is InChI=1S/C33H37N5O3/c1-24-23-27(31(39)36-19-8-3-9-20-36)29-30(34-24)37(33(41)38(32(29)40)26-15-4-2-5-16-26)22-11-10-18-35-21-12-14-25-13-6-7-17-28(25)35/h2,4-7,13,15-17,23H,3,8-12,14,18-22H2,1H3. The van der Waals surface area contributed by atoms with E-state index in [-0.39, 0.29) is 11.3 Å². The van der Waals surface area contributed by atoms with Crippen molar-refractivity contribution >= 4 is 22.6 Å². The molecule has 41 heavy (non-hydrogen) atoms. The van der Waals surface area contributed by atoms with Gasteiger partial charge in [-0.05, 0) is 81.7 Å². The van der Waals surface area contributed by atoms with Crippen LogP contribution in [0, 0.1) is 6.92 Å². The third-order valence-corrected chi connectivity index (χ3v) is 8.38. The van der Waals surface area contributed by atoms with Crippen molar-refractivity contribution in [2.24, 2.45) is 0 Å². The molecule has 212 valence electrons. The van der Waals surface area contributed by atoms with Crippen LogP contribution in [0.4, 0.5) is 5.69 Å². The fraction of sp³-hybridized carbons (Fsp3) is 0.394. The molecule has 1 amide bonds. The normalized spacial score (nSPS) is 15.2. The Kier molecular flexibility index (Phi) is 7.72. The van der Waals surface area contributed by atoms with Crippen LogP contribution in [0.5, 0.6) is 0 Å². The van der Waals surface area contributed by atoms with Crippen molar-refractivity contribution in [2.75, 3.05) is 31.1 Å². The van der Waals surface area contributed by atoms with Crippen LogP contribution in [0.2, 0.25) is 0 Å². The molecule has 0 aliphatic carbocycles. The molecule has 0 radical (unpaired) electrons. The third-order valence-electron chi connectivity index (χ3n) is 8.38. The fourth-order valence-corrected chi connectivity index (χ4v) is 6.33. The number of rotatable bonds is 7. The molecule has 2 aliphatic rings. The van der Waals surface area contributed by atoms with Crippen LogP contribution in [-0.4, -0.2) is 51.1 Å². The first kappa shape index (κ1) is 27.0. The maximum absolute atomic E-state index is 14.0. The molecule has 0 N–H and O–H groups in total. The second kappa shape index (κ2) is 11.7. The van der Waals surface area contributed by atoms with E-state index in [9.17, 15) is 14.4 Å². The van der Waals surface area contributed by atoms with Gasteiger partial charge in [0.05, 0.1) is 16.6 Å². The highest BCUT2D eigenvalue weighted by Crippen LogP contribution is 2.27. The number of carbonyl (C=O) groups excluding carboxylic acids is 1. The first-order valence-electron chi connectivity index (χ1n) is 14.9. The molecular weight excluding hydrogens is 514 g/mol. The summed E-state index contributed by atoms with van der Waals surface area (Å²) >= 11 is 0. The first-order valence-corrected chi connectivity index (χ1v) is 14.9. The van der Waals surface area contributed by atoms with Crippen LogP contribution in [0.3, 0.4) is 0 Å². The van der Waals surface area contributed by atoms with E-state index in [2.05, 4.69) is 34.1 Å². The van der Waals surface area contributed by atoms with Crippen molar-refractivity contribution in [2.45, 2.75) is 58.4 Å². The van der Waals surface area contributed by atoms with Gasteiger partial charge in [0.1, 0.15) is 0 Å². The van der Waals surface area contributed by atoms with Crippen LogP contribution >= 0.6 is 0 Å². The zero-order valence-corrected chi connectivity index (χ0v) is 23.7. The monoisotopic (exact) mass is 551 g/mol. The third kappa shape index (κ3) is 5.31. The Morgan fingerprint density at radius 2 is 1.59 bits per heavy atom. The molecule has 2 aliphatic heterocycles. The van der Waals surface area contributed by atoms with Gasteiger partial charge in [-0.3, -0.25) is 14.2 Å². The van der Waals surface area contributed by atoms with Crippen molar-refractivity contribution in [1.82, 2.24) is 19.0 Å². The SMILES string of the molecule is Cc1cc(C(=O)N2CCCCC2)c2c(=O)n(-c3ccccc3)c(=O)n(CCCCN3CCCc4ccccc43)c2n1. The molecule has 4 heterocycles. The number of piperidine rings is 1. The van der Waals surface area contributed by atoms with Gasteiger partial charge in [-0.2, -0.15) is 0 Å². The van der Waals surface area contributed by atoms with E-state index in [1.165, 1.54) is 15.8 Å². The van der Waals surface area contributed by atoms with Gasteiger partial charge in [-0.15, -0.1) is 0 Å². The molecule has 4 aromatic rings. The Hall–Kier alpha value is -4.20. The second-order valence-electron chi connectivity index (χ2n) is 11.2. The van der Waals surface area contributed by atoms with Gasteiger partial charge in [0.2, 0.25) is 0 Å². The Balaban J connectivity index is 1.38. The summed E-state index contributed by atoms with van der Waals surface area (Å²) in [6, 6.07) is 19.3. The van der Waals surface area contributed by atoms with Crippen molar-refractivity contribution in [3.8, 4) is 5.69 Å². The smallest absolute Gasteiger partial charge is 0.337 e. The minimum Gasteiger partial charge on any atom is -0.371 e. The molecule has 2 aromatic heterocycles. The van der Waals surface area contributed by atoms with Crippen molar-refractivity contribution in [3.63, 3.8) is 0 Å². The lowest BCUT2D eigenvalue weighted by Gasteiger charge is -2.31. The molecule has 1 saturated heterocycles. The lowest BCUT2D eigenvalue weighted by atomic mass is 10.0. The highest BCUT2D eigenvalue weighted by atomic mass is 16.2. The number of fused-ring (bicyclic) bond motifs is 2. The van der Waals surface area contributed by atoms with Gasteiger partial charge in [-0.25, -0.2) is 14.3 Å². The van der Waals surface area contributed by atoms with E-state index in [0.717, 1.165) is 58.0 Å². The number of hydrogen-bond donors (Lipinski definition) is 0. The van der Waals surface area contributed by atoms with Crippen molar-refractivity contribution < 1.29 is 4.79 Å². The number of pyridine rings is 1. The summed E-state index contributed by atoms with van der Waals surface area (Å²) in [5.41, 5.74) is 3.52. The molecule has 2 aromatic carbocycles. The summed E-state index contributed by atoms with van der Waals surface area (Å²) in [6.07, 6.45) is 6.88. The summed E-state index contributed by atoms with van der Waals surface area (Å²) in [5, 5.41) is 0.222. The highest BCUT2D eigenvalue weighted by Gasteiger charge is 2.26. The molecule has 8 nitrogen and oxygen atoms in total. The molecular formula is C33H37N5O3. The predicted molar refractivity (Wildman–Crippen MR) is 162 cm³/mol. The Morgan fingerprint density at radius 3 is 2.39 bits per heavy atom. The number of hydrogen-bond acceptors (Lipinski definition) is 5. The number of amides is 1. The van der Waals surface area contributed by atoms with Crippen LogP contribution in [0.25, 0.3) is 16.7 Å². The second-order valence-corrected chi connectivity index (χ2v) is 11.2. The first-order chi connectivity index (χ1) is 20.0. The lowest BCUT2D eigenvalue weighted by molar-refractivity contribution is 0.0726. The fourth-order valence-electron chi connectivity index (χ4n) is 6.33. The summed E-state index contributed by atoms with van der Waals surface area (Å²) in [4.78, 5) is 50.6. The lowest BCUT2D eigenvalue weighted by Crippen LogP contribution is -2.41. The number of para-hydroxylation sites is 2. The van der Waals surface area contributed by atoms with Gasteiger partial charge in [0.25, 0.3) is 11.5 Å². The molecule has 0 atom stereocenters. The number of carbonyl (C=O) groups is 1.